The summed E-state index contributed by atoms with van der Waals surface area (Å²) in [5.74, 6) is 0. The average molecular weight is 509 g/mol. The fourth-order valence-corrected chi connectivity index (χ4v) is 4.30. The van der Waals surface area contributed by atoms with Crippen LogP contribution in [0.15, 0.2) is 0 Å². The normalized spacial score (nSPS) is 15.2. The van der Waals surface area contributed by atoms with Gasteiger partial charge in [-0.25, -0.2) is 38.8 Å². The molecule has 0 spiro atoms. The number of hydrogen-bond acceptors (Lipinski definition) is 6. The van der Waals surface area contributed by atoms with Crippen LogP contribution in [0.3, 0.4) is 0 Å². The third kappa shape index (κ3) is 8.80. The van der Waals surface area contributed by atoms with Gasteiger partial charge in [-0.15, -0.1) is 0 Å². The molecule has 2 N–H and O–H groups in total. The molecule has 0 aliphatic carbocycles. The van der Waals surface area contributed by atoms with E-state index in [1.807, 2.05) is 0 Å². The smallest absolute Gasteiger partial charge is 0.336 e. The zero-order valence-corrected chi connectivity index (χ0v) is 21.1. The van der Waals surface area contributed by atoms with Crippen LogP contribution in [0.4, 0.5) is 19.2 Å². The number of unbranched alkanes of at least 4 members (excludes halogenated alkanes) is 9. The van der Waals surface area contributed by atoms with Crippen molar-refractivity contribution in [3.63, 3.8) is 0 Å². The summed E-state index contributed by atoms with van der Waals surface area (Å²) in [5, 5.41) is 5.21. The van der Waals surface area contributed by atoms with E-state index in [0.717, 1.165) is 64.2 Å². The van der Waals surface area contributed by atoms with Crippen LogP contribution < -0.4 is 10.6 Å². The summed E-state index contributed by atoms with van der Waals surface area (Å²) in [4.78, 5) is 74.1. The molecule has 36 heavy (non-hydrogen) atoms. The Morgan fingerprint density at radius 3 is 0.917 bits per heavy atom. The van der Waals surface area contributed by atoms with Crippen LogP contribution >= 0.6 is 0 Å². The van der Waals surface area contributed by atoms with Crippen molar-refractivity contribution in [2.75, 3.05) is 39.3 Å². The molecule has 0 radical (unpaired) electrons. The third-order valence-corrected chi connectivity index (χ3v) is 6.43. The number of nitrogens with zero attached hydrogens (tertiary/aromatic N) is 4. The van der Waals surface area contributed by atoms with Gasteiger partial charge in [-0.3, -0.25) is 9.59 Å². The quantitative estimate of drug-likeness (QED) is 0.161. The first-order valence-corrected chi connectivity index (χ1v) is 13.1. The van der Waals surface area contributed by atoms with E-state index in [0.29, 0.717) is 64.9 Å². The number of imide groups is 4. The first-order valence-electron chi connectivity index (χ1n) is 13.1. The molecule has 0 bridgehead atoms. The minimum absolute atomic E-state index is 0.239. The van der Waals surface area contributed by atoms with E-state index in [1.165, 1.54) is 19.6 Å². The van der Waals surface area contributed by atoms with Gasteiger partial charge in [0.25, 0.3) is 0 Å². The number of carbonyl (C=O) groups is 6. The summed E-state index contributed by atoms with van der Waals surface area (Å²) in [6.45, 7) is 2.95. The van der Waals surface area contributed by atoms with Crippen molar-refractivity contribution >= 4 is 36.9 Å². The zero-order chi connectivity index (χ0) is 26.2. The summed E-state index contributed by atoms with van der Waals surface area (Å²) >= 11 is 0. The lowest BCUT2D eigenvalue weighted by molar-refractivity contribution is -0.110. The van der Waals surface area contributed by atoms with Gasteiger partial charge in [0.15, 0.2) is 0 Å². The van der Waals surface area contributed by atoms with Crippen LogP contribution in [0.5, 0.6) is 0 Å². The van der Waals surface area contributed by atoms with Gasteiger partial charge in [0, 0.05) is 39.3 Å². The van der Waals surface area contributed by atoms with E-state index >= 15 is 0 Å². The number of nitrogens with one attached hydrogen (secondary N) is 2. The largest absolute Gasteiger partial charge is 0.359 e. The molecule has 2 fully saturated rings. The van der Waals surface area contributed by atoms with Gasteiger partial charge in [0.2, 0.25) is 12.8 Å². The molecule has 2 heterocycles. The van der Waals surface area contributed by atoms with Crippen molar-refractivity contribution in [1.29, 1.82) is 0 Å². The highest BCUT2D eigenvalue weighted by atomic mass is 16.2. The van der Waals surface area contributed by atoms with Crippen molar-refractivity contribution in [1.82, 2.24) is 30.2 Å². The van der Waals surface area contributed by atoms with Gasteiger partial charge in [-0.2, -0.15) is 0 Å². The van der Waals surface area contributed by atoms with E-state index in [-0.39, 0.29) is 24.1 Å². The molecule has 2 saturated heterocycles. The van der Waals surface area contributed by atoms with Gasteiger partial charge < -0.3 is 10.6 Å². The molecule has 10 amide bonds. The Morgan fingerprint density at radius 2 is 0.667 bits per heavy atom. The maximum absolute atomic E-state index is 12.2. The summed E-state index contributed by atoms with van der Waals surface area (Å²) in [5.41, 5.74) is 0. The highest BCUT2D eigenvalue weighted by Gasteiger charge is 2.43. The van der Waals surface area contributed by atoms with Crippen LogP contribution in [0, 0.1) is 0 Å². The Labute approximate surface area is 212 Å². The van der Waals surface area contributed by atoms with Crippen molar-refractivity contribution in [2.24, 2.45) is 0 Å². The Kier molecular flexibility index (Phi) is 13.3. The predicted molar refractivity (Wildman–Crippen MR) is 132 cm³/mol. The number of amides is 10. The summed E-state index contributed by atoms with van der Waals surface area (Å²) in [7, 11) is 0. The fraction of sp³-hybridized carbons (Fsp3) is 0.750. The molecule has 202 valence electrons. The van der Waals surface area contributed by atoms with Crippen molar-refractivity contribution in [3.05, 3.63) is 0 Å². The molecular weight excluding hydrogens is 468 g/mol. The first kappa shape index (κ1) is 29.1. The monoisotopic (exact) mass is 508 g/mol. The standard InChI is InChI=1S/C24H40N6O6/c31-19-25-13-7-1-3-9-15-27-21(33)29(22(27)34)17-11-5-6-12-18-30-23(35)28(24(30)36)16-10-4-2-8-14-26-20-32/h19-20H,1-18H2,(H,25,31)(H,26,32). The van der Waals surface area contributed by atoms with E-state index < -0.39 is 0 Å². The summed E-state index contributed by atoms with van der Waals surface area (Å²) in [6.07, 6.45) is 11.4. The topological polar surface area (TPSA) is 139 Å². The predicted octanol–water partition coefficient (Wildman–Crippen LogP) is 2.87. The molecule has 12 heteroatoms. The Morgan fingerprint density at radius 1 is 0.417 bits per heavy atom. The fourth-order valence-electron chi connectivity index (χ4n) is 4.30. The van der Waals surface area contributed by atoms with E-state index in [9.17, 15) is 28.8 Å². The van der Waals surface area contributed by atoms with Gasteiger partial charge in [-0.1, -0.05) is 38.5 Å². The molecule has 0 saturated carbocycles. The summed E-state index contributed by atoms with van der Waals surface area (Å²) in [6, 6.07) is -0.955. The van der Waals surface area contributed by atoms with E-state index in [2.05, 4.69) is 10.6 Å². The summed E-state index contributed by atoms with van der Waals surface area (Å²) < 4.78 is 0. The van der Waals surface area contributed by atoms with Crippen molar-refractivity contribution in [2.45, 2.75) is 77.0 Å². The molecule has 0 atom stereocenters. The maximum atomic E-state index is 12.2. The lowest BCUT2D eigenvalue weighted by Crippen LogP contribution is -2.64. The lowest BCUT2D eigenvalue weighted by Gasteiger charge is -2.39. The SMILES string of the molecule is O=CNCCCCCCN1C(=O)N(CCCCCCN2C(=O)N(CCCCCCNC=O)C2=O)C1=O. The molecule has 0 unspecified atom stereocenters. The van der Waals surface area contributed by atoms with Gasteiger partial charge in [0.1, 0.15) is 0 Å². The minimum atomic E-state index is -0.239. The Hall–Kier alpha value is -3.18. The van der Waals surface area contributed by atoms with Crippen molar-refractivity contribution < 1.29 is 28.8 Å². The van der Waals surface area contributed by atoms with Crippen LogP contribution in [-0.4, -0.2) is 95.8 Å². The van der Waals surface area contributed by atoms with Crippen LogP contribution in [-0.2, 0) is 9.59 Å². The molecule has 12 nitrogen and oxygen atoms in total. The molecule has 2 aliphatic heterocycles. The number of urea groups is 4. The first-order chi connectivity index (χ1) is 17.5. The number of rotatable bonds is 23. The van der Waals surface area contributed by atoms with Gasteiger partial charge >= 0.3 is 24.1 Å². The maximum Gasteiger partial charge on any atom is 0.336 e. The Balaban J connectivity index is 1.45. The Bertz CT molecular complexity index is 669. The number of hydrogen-bond donors (Lipinski definition) is 2. The van der Waals surface area contributed by atoms with Gasteiger partial charge in [0.05, 0.1) is 0 Å². The van der Waals surface area contributed by atoms with Crippen LogP contribution in [0.2, 0.25) is 0 Å². The molecule has 2 rings (SSSR count). The third-order valence-electron chi connectivity index (χ3n) is 6.43. The second-order valence-corrected chi connectivity index (χ2v) is 9.12. The average Bonchev–Trinajstić information content (AvgIpc) is 2.88. The lowest BCUT2D eigenvalue weighted by atomic mass is 10.1. The second kappa shape index (κ2) is 16.5. The van der Waals surface area contributed by atoms with Crippen LogP contribution in [0.25, 0.3) is 0 Å². The second-order valence-electron chi connectivity index (χ2n) is 9.12. The molecular formula is C24H40N6O6. The molecule has 0 aromatic rings. The van der Waals surface area contributed by atoms with Gasteiger partial charge in [-0.05, 0) is 38.5 Å². The molecule has 0 aromatic heterocycles. The highest BCUT2D eigenvalue weighted by molar-refractivity contribution is 6.12. The molecule has 2 aliphatic rings. The molecule has 0 aromatic carbocycles. The zero-order valence-electron chi connectivity index (χ0n) is 21.1. The van der Waals surface area contributed by atoms with E-state index in [4.69, 9.17) is 0 Å². The highest BCUT2D eigenvalue weighted by Crippen LogP contribution is 2.20. The minimum Gasteiger partial charge on any atom is -0.359 e. The van der Waals surface area contributed by atoms with Crippen LogP contribution in [0.1, 0.15) is 77.0 Å². The van der Waals surface area contributed by atoms with Crippen molar-refractivity contribution in [3.8, 4) is 0 Å². The van der Waals surface area contributed by atoms with E-state index in [1.54, 1.807) is 0 Å². The number of carbonyl (C=O) groups excluding carboxylic acids is 6.